The van der Waals surface area contributed by atoms with Gasteiger partial charge in [0.05, 0.1) is 18.7 Å². The highest BCUT2D eigenvalue weighted by Crippen LogP contribution is 2.32. The van der Waals surface area contributed by atoms with Crippen molar-refractivity contribution in [2.45, 2.75) is 24.9 Å². The van der Waals surface area contributed by atoms with Crippen molar-refractivity contribution >= 4 is 5.91 Å². The monoisotopic (exact) mass is 366 g/mol. The Morgan fingerprint density at radius 2 is 1.93 bits per heavy atom. The molecular formula is C22H26N2O3. The molecule has 0 bridgehead atoms. The minimum absolute atomic E-state index is 0.0455. The number of ether oxygens (including phenoxy) is 2. The van der Waals surface area contributed by atoms with E-state index >= 15 is 0 Å². The van der Waals surface area contributed by atoms with E-state index in [1.165, 1.54) is 0 Å². The van der Waals surface area contributed by atoms with Crippen LogP contribution in [0.4, 0.5) is 0 Å². The van der Waals surface area contributed by atoms with E-state index in [1.807, 2.05) is 54.6 Å². The average Bonchev–Trinajstić information content (AvgIpc) is 2.83. The summed E-state index contributed by atoms with van der Waals surface area (Å²) in [5.41, 5.74) is 0.281. The number of nitrogens with zero attached hydrogens (tertiary/aromatic N) is 1. The topological polar surface area (TPSA) is 50.8 Å². The van der Waals surface area contributed by atoms with Crippen molar-refractivity contribution in [3.05, 3.63) is 60.2 Å². The standard InChI is InChI=1S/C22H26N2O3/c25-21-19-10-4-5-11-20(19)27-22(16-23-21)12-6-13-24(17-22)14-7-15-26-18-8-2-1-3-9-18/h1-5,8-11H,6-7,12-17H2,(H,23,25)/t22-/m1/s1. The van der Waals surface area contributed by atoms with Gasteiger partial charge in [0, 0.05) is 13.1 Å². The first-order valence-electron chi connectivity index (χ1n) is 9.71. The van der Waals surface area contributed by atoms with Crippen LogP contribution in [0.25, 0.3) is 0 Å². The normalized spacial score (nSPS) is 22.4. The van der Waals surface area contributed by atoms with Crippen molar-refractivity contribution in [2.24, 2.45) is 0 Å². The van der Waals surface area contributed by atoms with Crippen LogP contribution in [0.1, 0.15) is 29.6 Å². The van der Waals surface area contributed by atoms with Gasteiger partial charge in [0.1, 0.15) is 17.1 Å². The summed E-state index contributed by atoms with van der Waals surface area (Å²) in [7, 11) is 0. The Hall–Kier alpha value is -2.53. The van der Waals surface area contributed by atoms with Gasteiger partial charge in [0.15, 0.2) is 0 Å². The summed E-state index contributed by atoms with van der Waals surface area (Å²) in [6.45, 7) is 4.11. The van der Waals surface area contributed by atoms with E-state index in [0.717, 1.165) is 44.6 Å². The van der Waals surface area contributed by atoms with Crippen LogP contribution in [-0.4, -0.2) is 49.2 Å². The van der Waals surface area contributed by atoms with Gasteiger partial charge in [-0.15, -0.1) is 0 Å². The van der Waals surface area contributed by atoms with E-state index in [0.29, 0.717) is 24.5 Å². The Kier molecular flexibility index (Phi) is 5.30. The van der Waals surface area contributed by atoms with Gasteiger partial charge in [-0.2, -0.15) is 0 Å². The number of nitrogens with one attached hydrogen (secondary N) is 1. The SMILES string of the molecule is O=C1NC[C@@]2(CCCN(CCCOc3ccccc3)C2)Oc2ccccc21. The predicted octanol–water partition coefficient (Wildman–Crippen LogP) is 3.11. The Bertz CT molecular complexity index is 780. The molecule has 1 fully saturated rings. The van der Waals surface area contributed by atoms with Gasteiger partial charge in [-0.3, -0.25) is 9.69 Å². The molecule has 2 aromatic carbocycles. The van der Waals surface area contributed by atoms with Crippen LogP contribution in [0.2, 0.25) is 0 Å². The predicted molar refractivity (Wildman–Crippen MR) is 104 cm³/mol. The van der Waals surface area contributed by atoms with Crippen LogP contribution < -0.4 is 14.8 Å². The molecule has 1 saturated heterocycles. The first-order valence-corrected chi connectivity index (χ1v) is 9.71. The average molecular weight is 366 g/mol. The fourth-order valence-corrected chi connectivity index (χ4v) is 3.95. The summed E-state index contributed by atoms with van der Waals surface area (Å²) in [4.78, 5) is 14.8. The van der Waals surface area contributed by atoms with Crippen LogP contribution in [-0.2, 0) is 0 Å². The molecule has 1 atom stereocenters. The Labute approximate surface area is 160 Å². The zero-order valence-corrected chi connectivity index (χ0v) is 15.5. The lowest BCUT2D eigenvalue weighted by Crippen LogP contribution is -2.56. The number of piperidine rings is 1. The Morgan fingerprint density at radius 1 is 1.11 bits per heavy atom. The highest BCUT2D eigenvalue weighted by molar-refractivity contribution is 5.97. The summed E-state index contributed by atoms with van der Waals surface area (Å²) in [6, 6.07) is 17.4. The lowest BCUT2D eigenvalue weighted by molar-refractivity contribution is -0.00540. The number of rotatable bonds is 5. The molecule has 1 amide bonds. The number of amides is 1. The zero-order valence-electron chi connectivity index (χ0n) is 15.5. The van der Waals surface area contributed by atoms with Gasteiger partial charge in [-0.05, 0) is 50.1 Å². The quantitative estimate of drug-likeness (QED) is 0.826. The number of hydrogen-bond acceptors (Lipinski definition) is 4. The molecule has 5 nitrogen and oxygen atoms in total. The van der Waals surface area contributed by atoms with Crippen molar-refractivity contribution in [3.8, 4) is 11.5 Å². The van der Waals surface area contributed by atoms with Crippen LogP contribution in [0, 0.1) is 0 Å². The lowest BCUT2D eigenvalue weighted by Gasteiger charge is -2.42. The molecule has 27 heavy (non-hydrogen) atoms. The van der Waals surface area contributed by atoms with Crippen LogP contribution >= 0.6 is 0 Å². The highest BCUT2D eigenvalue weighted by Gasteiger charge is 2.40. The van der Waals surface area contributed by atoms with Gasteiger partial charge >= 0.3 is 0 Å². The Balaban J connectivity index is 1.34. The first kappa shape index (κ1) is 17.9. The summed E-state index contributed by atoms with van der Waals surface area (Å²) < 4.78 is 12.2. The van der Waals surface area contributed by atoms with Crippen LogP contribution in [0.15, 0.2) is 54.6 Å². The number of carbonyl (C=O) groups is 1. The van der Waals surface area contributed by atoms with E-state index in [1.54, 1.807) is 0 Å². The number of benzene rings is 2. The first-order chi connectivity index (χ1) is 13.2. The second-order valence-electron chi connectivity index (χ2n) is 7.36. The molecule has 5 heteroatoms. The molecule has 4 rings (SSSR count). The second kappa shape index (κ2) is 8.01. The number of hydrogen-bond donors (Lipinski definition) is 1. The second-order valence-corrected chi connectivity index (χ2v) is 7.36. The molecule has 2 heterocycles. The summed E-state index contributed by atoms with van der Waals surface area (Å²) in [5.74, 6) is 1.57. The van der Waals surface area contributed by atoms with Crippen molar-refractivity contribution in [1.82, 2.24) is 10.2 Å². The summed E-state index contributed by atoms with van der Waals surface area (Å²) in [6.07, 6.45) is 2.99. The van der Waals surface area contributed by atoms with Crippen molar-refractivity contribution in [2.75, 3.05) is 32.8 Å². The molecule has 142 valence electrons. The van der Waals surface area contributed by atoms with Crippen LogP contribution in [0.5, 0.6) is 11.5 Å². The minimum Gasteiger partial charge on any atom is -0.494 e. The molecule has 0 saturated carbocycles. The molecule has 1 N–H and O–H groups in total. The van der Waals surface area contributed by atoms with Crippen LogP contribution in [0.3, 0.4) is 0 Å². The van der Waals surface area contributed by atoms with Gasteiger partial charge in [-0.25, -0.2) is 0 Å². The fraction of sp³-hybridized carbons (Fsp3) is 0.409. The smallest absolute Gasteiger partial charge is 0.255 e. The molecule has 0 radical (unpaired) electrons. The van der Waals surface area contributed by atoms with E-state index in [-0.39, 0.29) is 11.5 Å². The maximum absolute atomic E-state index is 12.3. The summed E-state index contributed by atoms with van der Waals surface area (Å²) >= 11 is 0. The maximum atomic E-state index is 12.3. The zero-order chi connectivity index (χ0) is 18.5. The van der Waals surface area contributed by atoms with E-state index in [4.69, 9.17) is 9.47 Å². The van der Waals surface area contributed by atoms with E-state index < -0.39 is 0 Å². The summed E-state index contributed by atoms with van der Waals surface area (Å²) in [5, 5.41) is 3.06. The number of carbonyl (C=O) groups excluding carboxylic acids is 1. The van der Waals surface area contributed by atoms with Gasteiger partial charge in [0.25, 0.3) is 5.91 Å². The minimum atomic E-state index is -0.346. The third kappa shape index (κ3) is 4.25. The van der Waals surface area contributed by atoms with Gasteiger partial charge in [0.2, 0.25) is 0 Å². The molecule has 0 aromatic heterocycles. The van der Waals surface area contributed by atoms with E-state index in [9.17, 15) is 4.79 Å². The molecule has 2 aromatic rings. The van der Waals surface area contributed by atoms with E-state index in [2.05, 4.69) is 10.2 Å². The third-order valence-corrected chi connectivity index (χ3v) is 5.28. The molecule has 2 aliphatic heterocycles. The number of fused-ring (bicyclic) bond motifs is 1. The van der Waals surface area contributed by atoms with Gasteiger partial charge < -0.3 is 14.8 Å². The van der Waals surface area contributed by atoms with Crippen molar-refractivity contribution in [3.63, 3.8) is 0 Å². The highest BCUT2D eigenvalue weighted by atomic mass is 16.5. The van der Waals surface area contributed by atoms with Crippen molar-refractivity contribution in [1.29, 1.82) is 0 Å². The lowest BCUT2D eigenvalue weighted by atomic mass is 9.92. The van der Waals surface area contributed by atoms with Gasteiger partial charge in [-0.1, -0.05) is 30.3 Å². The number of para-hydroxylation sites is 2. The largest absolute Gasteiger partial charge is 0.494 e. The third-order valence-electron chi connectivity index (χ3n) is 5.28. The molecule has 0 unspecified atom stereocenters. The van der Waals surface area contributed by atoms with Crippen molar-refractivity contribution < 1.29 is 14.3 Å². The molecular weight excluding hydrogens is 340 g/mol. The fourth-order valence-electron chi connectivity index (χ4n) is 3.95. The maximum Gasteiger partial charge on any atom is 0.255 e. The Morgan fingerprint density at radius 3 is 2.81 bits per heavy atom. The molecule has 2 aliphatic rings. The molecule has 1 spiro atoms. The molecule has 0 aliphatic carbocycles. The number of likely N-dealkylation sites (tertiary alicyclic amines) is 1.